The van der Waals surface area contributed by atoms with Gasteiger partial charge in [0, 0.05) is 55.6 Å². The van der Waals surface area contributed by atoms with Gasteiger partial charge in [0.05, 0.1) is 19.1 Å². The molecule has 5 aromatic rings. The second-order valence-corrected chi connectivity index (χ2v) is 12.8. The van der Waals surface area contributed by atoms with Gasteiger partial charge in [-0.05, 0) is 48.7 Å². The van der Waals surface area contributed by atoms with Crippen molar-refractivity contribution in [3.05, 3.63) is 147 Å². The van der Waals surface area contributed by atoms with Crippen LogP contribution in [-0.2, 0) is 13.1 Å². The van der Waals surface area contributed by atoms with E-state index in [1.165, 1.54) is 22.5 Å². The molecule has 6 rings (SSSR count). The zero-order valence-corrected chi connectivity index (χ0v) is 27.4. The van der Waals surface area contributed by atoms with Gasteiger partial charge in [-0.15, -0.1) is 11.3 Å². The van der Waals surface area contributed by atoms with E-state index in [4.69, 9.17) is 4.98 Å². The Kier molecular flexibility index (Phi) is 10.1. The van der Waals surface area contributed by atoms with E-state index in [9.17, 15) is 9.59 Å². The molecule has 0 saturated carbocycles. The number of hydrogen-bond donors (Lipinski definition) is 0. The summed E-state index contributed by atoms with van der Waals surface area (Å²) in [5.74, 6) is 0.0272. The van der Waals surface area contributed by atoms with Gasteiger partial charge in [-0.1, -0.05) is 85.3 Å². The normalized spacial score (nSPS) is 13.7. The second kappa shape index (κ2) is 14.7. The molecule has 0 spiro atoms. The number of nitrogens with zero attached hydrogens (tertiary/aromatic N) is 5. The zero-order valence-electron chi connectivity index (χ0n) is 26.6. The molecular weight excluding hydrogens is 591 g/mol. The van der Waals surface area contributed by atoms with Gasteiger partial charge in [0.1, 0.15) is 10.7 Å². The van der Waals surface area contributed by atoms with Crippen LogP contribution in [0.4, 0.5) is 0 Å². The fraction of sp³-hybridized carbons (Fsp3) is 0.289. The summed E-state index contributed by atoms with van der Waals surface area (Å²) < 4.78 is 2.13. The van der Waals surface area contributed by atoms with Crippen molar-refractivity contribution in [2.75, 3.05) is 32.7 Å². The van der Waals surface area contributed by atoms with E-state index in [1.54, 1.807) is 0 Å². The Labute approximate surface area is 275 Å². The number of amides is 2. The highest BCUT2D eigenvalue weighted by molar-refractivity contribution is 7.09. The lowest BCUT2D eigenvalue weighted by Crippen LogP contribution is -2.50. The predicted molar refractivity (Wildman–Crippen MR) is 184 cm³/mol. The fourth-order valence-electron chi connectivity index (χ4n) is 6.20. The van der Waals surface area contributed by atoms with Crippen molar-refractivity contribution < 1.29 is 9.59 Å². The summed E-state index contributed by atoms with van der Waals surface area (Å²) in [6.45, 7) is 8.77. The number of aryl methyl sites for hydroxylation is 1. The predicted octanol–water partition coefficient (Wildman–Crippen LogP) is 6.90. The minimum atomic E-state index is -0.0105. The van der Waals surface area contributed by atoms with Crippen LogP contribution in [0.3, 0.4) is 0 Å². The van der Waals surface area contributed by atoms with Crippen molar-refractivity contribution in [3.8, 4) is 0 Å². The van der Waals surface area contributed by atoms with E-state index in [0.29, 0.717) is 44.0 Å². The molecule has 7 nitrogen and oxygen atoms in total. The number of carbonyl (C=O) groups is 2. The maximum atomic E-state index is 13.5. The highest BCUT2D eigenvalue weighted by Gasteiger charge is 2.29. The number of carbonyl (C=O) groups excluding carboxylic acids is 2. The number of hydrogen-bond acceptors (Lipinski definition) is 5. The highest BCUT2D eigenvalue weighted by Crippen LogP contribution is 2.30. The molecule has 0 unspecified atom stereocenters. The highest BCUT2D eigenvalue weighted by atomic mass is 32.1. The maximum Gasteiger partial charge on any atom is 0.273 e. The van der Waals surface area contributed by atoms with Crippen LogP contribution in [0.25, 0.3) is 0 Å². The van der Waals surface area contributed by atoms with Gasteiger partial charge in [-0.3, -0.25) is 14.5 Å². The van der Waals surface area contributed by atoms with Crippen molar-refractivity contribution >= 4 is 23.2 Å². The Bertz CT molecular complexity index is 1680. The lowest BCUT2D eigenvalue weighted by atomic mass is 9.96. The average molecular weight is 632 g/mol. The topological polar surface area (TPSA) is 61.7 Å². The first-order valence-electron chi connectivity index (χ1n) is 16.1. The van der Waals surface area contributed by atoms with Crippen LogP contribution in [0.15, 0.2) is 109 Å². The molecule has 1 fully saturated rings. The smallest absolute Gasteiger partial charge is 0.273 e. The SMILES string of the molecule is CCCN(Cc1cccn1Cc1nc(C(=O)N2CCN(C(c3ccccc3)c3ccccc3)CC2)cs1)C(=O)c1ccc(C)cc1. The van der Waals surface area contributed by atoms with Crippen molar-refractivity contribution in [2.45, 2.75) is 39.4 Å². The molecule has 3 aromatic carbocycles. The minimum absolute atomic E-state index is 0.0105. The molecule has 0 N–H and O–H groups in total. The molecule has 0 atom stereocenters. The first kappa shape index (κ1) is 31.5. The number of piperazine rings is 1. The maximum absolute atomic E-state index is 13.5. The molecule has 236 valence electrons. The van der Waals surface area contributed by atoms with Crippen LogP contribution in [0.2, 0.25) is 0 Å². The van der Waals surface area contributed by atoms with Gasteiger partial charge in [-0.25, -0.2) is 4.98 Å². The van der Waals surface area contributed by atoms with Crippen LogP contribution >= 0.6 is 11.3 Å². The first-order valence-corrected chi connectivity index (χ1v) is 17.0. The minimum Gasteiger partial charge on any atom is -0.343 e. The molecule has 8 heteroatoms. The molecule has 1 aliphatic heterocycles. The van der Waals surface area contributed by atoms with Crippen LogP contribution in [-0.4, -0.2) is 68.8 Å². The summed E-state index contributed by atoms with van der Waals surface area (Å²) >= 11 is 1.51. The van der Waals surface area contributed by atoms with Crippen molar-refractivity contribution in [1.82, 2.24) is 24.3 Å². The Balaban J connectivity index is 1.09. The summed E-state index contributed by atoms with van der Waals surface area (Å²) in [6, 6.07) is 33.2. The van der Waals surface area contributed by atoms with Gasteiger partial charge in [0.2, 0.25) is 0 Å². The molecule has 1 aliphatic rings. The average Bonchev–Trinajstić information content (AvgIpc) is 3.75. The van der Waals surface area contributed by atoms with Crippen LogP contribution < -0.4 is 0 Å². The summed E-state index contributed by atoms with van der Waals surface area (Å²) in [4.78, 5) is 38.0. The standard InChI is InChI=1S/C38H41N5O2S/c1-3-20-43(37(44)32-18-16-29(2)17-19-32)26-33-15-10-21-42(33)27-35-39-34(28-46-35)38(45)41-24-22-40(23-25-41)36(30-11-6-4-7-12-30)31-13-8-5-9-14-31/h4-19,21,28,36H,3,20,22-27H2,1-2H3. The van der Waals surface area contributed by atoms with Gasteiger partial charge in [0.15, 0.2) is 0 Å². The van der Waals surface area contributed by atoms with E-state index in [0.717, 1.165) is 35.8 Å². The first-order chi connectivity index (χ1) is 22.5. The number of aromatic nitrogens is 2. The lowest BCUT2D eigenvalue weighted by Gasteiger charge is -2.39. The van der Waals surface area contributed by atoms with Crippen molar-refractivity contribution in [3.63, 3.8) is 0 Å². The van der Waals surface area contributed by atoms with Gasteiger partial charge >= 0.3 is 0 Å². The van der Waals surface area contributed by atoms with Gasteiger partial charge in [0.25, 0.3) is 11.8 Å². The summed E-state index contributed by atoms with van der Waals surface area (Å²) in [5.41, 5.74) is 5.91. The van der Waals surface area contributed by atoms with Crippen molar-refractivity contribution in [1.29, 1.82) is 0 Å². The van der Waals surface area contributed by atoms with E-state index in [2.05, 4.69) is 83.1 Å². The molecule has 2 amide bonds. The van der Waals surface area contributed by atoms with Crippen LogP contribution in [0.1, 0.15) is 67.6 Å². The summed E-state index contributed by atoms with van der Waals surface area (Å²) in [7, 11) is 0. The third-order valence-corrected chi connectivity index (χ3v) is 9.46. The molecule has 1 saturated heterocycles. The van der Waals surface area contributed by atoms with Crippen molar-refractivity contribution in [2.24, 2.45) is 0 Å². The summed E-state index contributed by atoms with van der Waals surface area (Å²) in [5, 5.41) is 2.76. The number of thiazole rings is 1. The number of benzene rings is 3. The largest absolute Gasteiger partial charge is 0.343 e. The van der Waals surface area contributed by atoms with Crippen LogP contribution in [0, 0.1) is 6.92 Å². The Morgan fingerprint density at radius 3 is 2.13 bits per heavy atom. The zero-order chi connectivity index (χ0) is 31.9. The molecule has 2 aromatic heterocycles. The van der Waals surface area contributed by atoms with E-state index < -0.39 is 0 Å². The van der Waals surface area contributed by atoms with E-state index in [1.807, 2.05) is 58.6 Å². The third-order valence-electron chi connectivity index (χ3n) is 8.63. The Hall–Kier alpha value is -4.53. The third kappa shape index (κ3) is 7.30. The van der Waals surface area contributed by atoms with Gasteiger partial charge in [-0.2, -0.15) is 0 Å². The van der Waals surface area contributed by atoms with E-state index >= 15 is 0 Å². The monoisotopic (exact) mass is 631 g/mol. The van der Waals surface area contributed by atoms with E-state index in [-0.39, 0.29) is 17.9 Å². The van der Waals surface area contributed by atoms with Gasteiger partial charge < -0.3 is 14.4 Å². The Morgan fingerprint density at radius 1 is 0.848 bits per heavy atom. The molecular formula is C38H41N5O2S. The van der Waals surface area contributed by atoms with Crippen LogP contribution in [0.5, 0.6) is 0 Å². The summed E-state index contributed by atoms with van der Waals surface area (Å²) in [6.07, 6.45) is 2.90. The fourth-order valence-corrected chi connectivity index (χ4v) is 6.97. The Morgan fingerprint density at radius 2 is 1.50 bits per heavy atom. The molecule has 0 bridgehead atoms. The second-order valence-electron chi connectivity index (χ2n) is 11.9. The lowest BCUT2D eigenvalue weighted by molar-refractivity contribution is 0.0592. The molecule has 0 aliphatic carbocycles. The quantitative estimate of drug-likeness (QED) is 0.159. The molecule has 3 heterocycles. The molecule has 0 radical (unpaired) electrons. The molecule has 46 heavy (non-hydrogen) atoms. The number of rotatable bonds is 11.